The minimum absolute atomic E-state index is 0.0802. The Morgan fingerprint density at radius 2 is 1.56 bits per heavy atom. The topological polar surface area (TPSA) is 131 Å². The number of hydrogen-bond acceptors (Lipinski definition) is 7. The third-order valence-electron chi connectivity index (χ3n) is 7.63. The number of hydrogen-bond donors (Lipinski definition) is 1. The van der Waals surface area contributed by atoms with Gasteiger partial charge in [0, 0.05) is 43.5 Å². The van der Waals surface area contributed by atoms with Gasteiger partial charge in [0.25, 0.3) is 0 Å². The standard InChI is InChI=1S/C29H28F3N3O7S/c30-19-3-1-18(2-4-19)26(36)12-11-24-27(35(28(24)37)21-7-5-20(31)6-8-21)23-10-9-22(17-25(23)32)42-29(38)33-13-15-34(16-14-33)43(39,40)41/h1-10,17,24,26-27,36H,11-16H2,(H,39,40,41)/p-1/t24-,26+,27-/m1/s1. The average molecular weight is 619 g/mol. The smallest absolute Gasteiger partial charge is 0.415 e. The second-order valence-corrected chi connectivity index (χ2v) is 11.6. The van der Waals surface area contributed by atoms with Crippen LogP contribution in [0.2, 0.25) is 0 Å². The van der Waals surface area contributed by atoms with Gasteiger partial charge in [-0.3, -0.25) is 4.79 Å². The van der Waals surface area contributed by atoms with Crippen molar-refractivity contribution in [3.05, 3.63) is 95.3 Å². The zero-order valence-electron chi connectivity index (χ0n) is 22.6. The quantitative estimate of drug-likeness (QED) is 0.299. The van der Waals surface area contributed by atoms with Crippen molar-refractivity contribution in [3.63, 3.8) is 0 Å². The van der Waals surface area contributed by atoms with Crippen molar-refractivity contribution >= 4 is 28.0 Å². The van der Waals surface area contributed by atoms with Crippen molar-refractivity contribution in [1.82, 2.24) is 9.21 Å². The SMILES string of the molecule is O=C(Oc1ccc([C@@H]2[C@@H](CC[C@H](O)c3ccc(F)cc3)C(=O)N2c2ccc(F)cc2)c(F)c1)N1CCN(S(=O)(=O)[O-])CC1. The first-order valence-corrected chi connectivity index (χ1v) is 14.8. The van der Waals surface area contributed by atoms with E-state index in [9.17, 15) is 36.4 Å². The molecule has 0 saturated carbocycles. The Hall–Kier alpha value is -3.98. The van der Waals surface area contributed by atoms with E-state index < -0.39 is 51.9 Å². The molecule has 1 N–H and O–H groups in total. The zero-order chi connectivity index (χ0) is 30.9. The molecule has 2 aliphatic rings. The van der Waals surface area contributed by atoms with Crippen LogP contribution in [0.3, 0.4) is 0 Å². The number of anilines is 1. The number of nitrogens with zero attached hydrogens (tertiary/aromatic N) is 3. The molecule has 3 aromatic carbocycles. The van der Waals surface area contributed by atoms with Gasteiger partial charge in [-0.15, -0.1) is 0 Å². The molecule has 0 aromatic heterocycles. The summed E-state index contributed by atoms with van der Waals surface area (Å²) in [7, 11) is -4.63. The van der Waals surface area contributed by atoms with Crippen molar-refractivity contribution in [2.24, 2.45) is 5.92 Å². The maximum Gasteiger partial charge on any atom is 0.415 e. The summed E-state index contributed by atoms with van der Waals surface area (Å²) in [6, 6.07) is 13.4. The average Bonchev–Trinajstić information content (AvgIpc) is 2.97. The van der Waals surface area contributed by atoms with Gasteiger partial charge in [-0.05, 0) is 60.9 Å². The van der Waals surface area contributed by atoms with E-state index in [2.05, 4.69) is 0 Å². The van der Waals surface area contributed by atoms with Crippen molar-refractivity contribution in [1.29, 1.82) is 0 Å². The van der Waals surface area contributed by atoms with Crippen LogP contribution in [-0.2, 0) is 15.1 Å². The van der Waals surface area contributed by atoms with Crippen LogP contribution in [0.25, 0.3) is 0 Å². The number of amides is 2. The molecule has 0 radical (unpaired) electrons. The summed E-state index contributed by atoms with van der Waals surface area (Å²) in [4.78, 5) is 28.4. The molecule has 2 saturated heterocycles. The minimum atomic E-state index is -4.63. The molecular formula is C29H27F3N3O7S-. The number of rotatable bonds is 8. The molecule has 43 heavy (non-hydrogen) atoms. The molecule has 3 aromatic rings. The molecule has 3 atom stereocenters. The van der Waals surface area contributed by atoms with Crippen LogP contribution < -0.4 is 9.64 Å². The fourth-order valence-electron chi connectivity index (χ4n) is 5.34. The summed E-state index contributed by atoms with van der Waals surface area (Å²) in [5, 5.41) is 10.6. The van der Waals surface area contributed by atoms with Gasteiger partial charge in [-0.2, -0.15) is 0 Å². The second-order valence-electron chi connectivity index (χ2n) is 10.3. The van der Waals surface area contributed by atoms with E-state index in [4.69, 9.17) is 4.74 Å². The Morgan fingerprint density at radius 1 is 0.953 bits per heavy atom. The van der Waals surface area contributed by atoms with E-state index in [-0.39, 0.29) is 56.2 Å². The number of ether oxygens (including phenoxy) is 1. The summed E-state index contributed by atoms with van der Waals surface area (Å²) in [5.74, 6) is -2.97. The first kappa shape index (κ1) is 30.5. The normalized spacial score (nSPS) is 20.1. The third-order valence-corrected chi connectivity index (χ3v) is 8.63. The predicted molar refractivity (Wildman–Crippen MR) is 146 cm³/mol. The monoisotopic (exact) mass is 618 g/mol. The van der Waals surface area contributed by atoms with Crippen molar-refractivity contribution in [2.75, 3.05) is 31.1 Å². The maximum atomic E-state index is 15.6. The van der Waals surface area contributed by atoms with Crippen LogP contribution in [0, 0.1) is 23.4 Å². The van der Waals surface area contributed by atoms with Crippen molar-refractivity contribution in [2.45, 2.75) is 25.0 Å². The minimum Gasteiger partial charge on any atom is -0.735 e. The van der Waals surface area contributed by atoms with E-state index in [1.54, 1.807) is 0 Å². The first-order valence-electron chi connectivity index (χ1n) is 13.4. The lowest BCUT2D eigenvalue weighted by molar-refractivity contribution is -0.131. The van der Waals surface area contributed by atoms with Gasteiger partial charge in [0.05, 0.1) is 18.1 Å². The van der Waals surface area contributed by atoms with Gasteiger partial charge < -0.3 is 24.2 Å². The van der Waals surface area contributed by atoms with Crippen LogP contribution in [0.1, 0.15) is 36.1 Å². The van der Waals surface area contributed by atoms with Crippen LogP contribution in [0.15, 0.2) is 66.7 Å². The number of carbonyl (C=O) groups excluding carboxylic acids is 2. The molecule has 2 amide bonds. The van der Waals surface area contributed by atoms with E-state index in [0.29, 0.717) is 15.6 Å². The summed E-state index contributed by atoms with van der Waals surface area (Å²) < 4.78 is 81.9. The number of carbonyl (C=O) groups is 2. The lowest BCUT2D eigenvalue weighted by Gasteiger charge is -2.48. The zero-order valence-corrected chi connectivity index (χ0v) is 23.4. The molecule has 228 valence electrons. The number of benzene rings is 3. The molecule has 5 rings (SSSR count). The molecule has 14 heteroatoms. The van der Waals surface area contributed by atoms with Gasteiger partial charge in [0.2, 0.25) is 5.91 Å². The lowest BCUT2D eigenvalue weighted by Crippen LogP contribution is -2.55. The van der Waals surface area contributed by atoms with Crippen LogP contribution in [-0.4, -0.2) is 65.5 Å². The lowest BCUT2D eigenvalue weighted by atomic mass is 9.78. The molecule has 2 heterocycles. The summed E-state index contributed by atoms with van der Waals surface area (Å²) in [6.07, 6.45) is -1.54. The second kappa shape index (κ2) is 12.3. The van der Waals surface area contributed by atoms with E-state index in [1.165, 1.54) is 70.5 Å². The van der Waals surface area contributed by atoms with E-state index in [1.807, 2.05) is 0 Å². The molecule has 0 aliphatic carbocycles. The number of aliphatic hydroxyl groups excluding tert-OH is 1. The molecule has 2 aliphatic heterocycles. The maximum absolute atomic E-state index is 15.6. The Balaban J connectivity index is 1.32. The summed E-state index contributed by atoms with van der Waals surface area (Å²) >= 11 is 0. The van der Waals surface area contributed by atoms with Gasteiger partial charge in [0.15, 0.2) is 10.3 Å². The Bertz CT molecular complexity index is 1600. The molecule has 10 nitrogen and oxygen atoms in total. The Kier molecular flexibility index (Phi) is 8.74. The predicted octanol–water partition coefficient (Wildman–Crippen LogP) is 3.90. The number of piperazine rings is 1. The highest BCUT2D eigenvalue weighted by Gasteiger charge is 2.49. The van der Waals surface area contributed by atoms with Crippen LogP contribution in [0.5, 0.6) is 5.75 Å². The number of aliphatic hydroxyl groups is 1. The molecule has 2 fully saturated rings. The molecule has 0 spiro atoms. The van der Waals surface area contributed by atoms with Crippen molar-refractivity contribution < 1.29 is 45.6 Å². The number of β-lactam (4-membered cyclic amide) rings is 1. The fraction of sp³-hybridized carbons (Fsp3) is 0.310. The van der Waals surface area contributed by atoms with Gasteiger partial charge in [0.1, 0.15) is 23.2 Å². The summed E-state index contributed by atoms with van der Waals surface area (Å²) in [5.41, 5.74) is 0.925. The fourth-order valence-corrected chi connectivity index (χ4v) is 5.95. The number of halogens is 3. The molecule has 0 bridgehead atoms. The molecular weight excluding hydrogens is 591 g/mol. The Morgan fingerprint density at radius 3 is 2.14 bits per heavy atom. The molecule has 0 unspecified atom stereocenters. The first-order chi connectivity index (χ1) is 20.4. The highest BCUT2D eigenvalue weighted by molar-refractivity contribution is 7.83. The largest absolute Gasteiger partial charge is 0.735 e. The van der Waals surface area contributed by atoms with Gasteiger partial charge >= 0.3 is 6.09 Å². The van der Waals surface area contributed by atoms with E-state index >= 15 is 4.39 Å². The summed E-state index contributed by atoms with van der Waals surface area (Å²) in [6.45, 7) is -0.549. The Labute approximate surface area is 245 Å². The van der Waals surface area contributed by atoms with Gasteiger partial charge in [-0.25, -0.2) is 30.7 Å². The van der Waals surface area contributed by atoms with E-state index in [0.717, 1.165) is 6.07 Å². The highest BCUT2D eigenvalue weighted by Crippen LogP contribution is 2.47. The van der Waals surface area contributed by atoms with Crippen LogP contribution in [0.4, 0.5) is 23.7 Å². The third kappa shape index (κ3) is 6.67. The van der Waals surface area contributed by atoms with Gasteiger partial charge in [-0.1, -0.05) is 18.2 Å². The van der Waals surface area contributed by atoms with Crippen LogP contribution >= 0.6 is 0 Å². The highest BCUT2D eigenvalue weighted by atomic mass is 32.2. The van der Waals surface area contributed by atoms with Crippen molar-refractivity contribution in [3.8, 4) is 5.75 Å².